The van der Waals surface area contributed by atoms with E-state index in [0.29, 0.717) is 21.9 Å². The Morgan fingerprint density at radius 2 is 2.11 bits per heavy atom. The SMILES string of the molecule is Cn1c(SCCC(=O)O)nc2cc(F)c(F)cc21. The molecule has 2 aromatic rings. The molecule has 0 bridgehead atoms. The number of nitrogens with zero attached hydrogens (tertiary/aromatic N) is 2. The van der Waals surface area contributed by atoms with Crippen molar-refractivity contribution in [2.45, 2.75) is 11.6 Å². The van der Waals surface area contributed by atoms with Crippen molar-refractivity contribution in [3.63, 3.8) is 0 Å². The molecule has 0 saturated carbocycles. The molecule has 0 aliphatic heterocycles. The molecule has 4 nitrogen and oxygen atoms in total. The lowest BCUT2D eigenvalue weighted by Crippen LogP contribution is -1.98. The van der Waals surface area contributed by atoms with E-state index in [4.69, 9.17) is 5.11 Å². The van der Waals surface area contributed by atoms with Crippen molar-refractivity contribution >= 4 is 28.8 Å². The molecule has 2 rings (SSSR count). The van der Waals surface area contributed by atoms with E-state index in [9.17, 15) is 13.6 Å². The van der Waals surface area contributed by atoms with E-state index in [1.54, 1.807) is 11.6 Å². The summed E-state index contributed by atoms with van der Waals surface area (Å²) in [7, 11) is 1.68. The van der Waals surface area contributed by atoms with Crippen LogP contribution >= 0.6 is 11.8 Å². The summed E-state index contributed by atoms with van der Waals surface area (Å²) < 4.78 is 27.7. The molecule has 0 spiro atoms. The number of aliphatic carboxylic acids is 1. The number of benzene rings is 1. The van der Waals surface area contributed by atoms with Gasteiger partial charge in [0.2, 0.25) is 0 Å². The summed E-state index contributed by atoms with van der Waals surface area (Å²) >= 11 is 1.24. The first-order chi connectivity index (χ1) is 8.49. The summed E-state index contributed by atoms with van der Waals surface area (Å²) in [6.07, 6.45) is 0.0105. The zero-order chi connectivity index (χ0) is 13.3. The van der Waals surface area contributed by atoms with E-state index in [2.05, 4.69) is 4.98 Å². The quantitative estimate of drug-likeness (QED) is 0.868. The van der Waals surface area contributed by atoms with Crippen LogP contribution in [0.5, 0.6) is 0 Å². The molecule has 0 fully saturated rings. The predicted octanol–water partition coefficient (Wildman–Crippen LogP) is 2.42. The molecule has 0 aliphatic carbocycles. The lowest BCUT2D eigenvalue weighted by molar-refractivity contribution is -0.136. The number of carboxylic acids is 1. The summed E-state index contributed by atoms with van der Waals surface area (Å²) in [6, 6.07) is 2.12. The molecule has 1 heterocycles. The van der Waals surface area contributed by atoms with Gasteiger partial charge in [-0.25, -0.2) is 13.8 Å². The van der Waals surface area contributed by atoms with Gasteiger partial charge in [0.1, 0.15) is 0 Å². The van der Waals surface area contributed by atoms with Gasteiger partial charge < -0.3 is 9.67 Å². The third-order valence-electron chi connectivity index (χ3n) is 2.43. The molecule has 0 unspecified atom stereocenters. The summed E-state index contributed by atoms with van der Waals surface area (Å²) in [5, 5.41) is 9.07. The highest BCUT2D eigenvalue weighted by atomic mass is 32.2. The molecule has 0 radical (unpaired) electrons. The van der Waals surface area contributed by atoms with Crippen molar-refractivity contribution < 1.29 is 18.7 Å². The van der Waals surface area contributed by atoms with E-state index in [1.807, 2.05) is 0 Å². The number of thioether (sulfide) groups is 1. The first-order valence-electron chi connectivity index (χ1n) is 5.15. The summed E-state index contributed by atoms with van der Waals surface area (Å²) in [5.41, 5.74) is 0.834. The van der Waals surface area contributed by atoms with Crippen LogP contribution in [0.1, 0.15) is 6.42 Å². The van der Waals surface area contributed by atoms with Crippen molar-refractivity contribution in [1.29, 1.82) is 0 Å². The number of rotatable bonds is 4. The minimum atomic E-state index is -0.942. The maximum atomic E-state index is 13.1. The summed E-state index contributed by atoms with van der Waals surface area (Å²) in [4.78, 5) is 14.5. The lowest BCUT2D eigenvalue weighted by atomic mass is 10.3. The number of hydrogen-bond donors (Lipinski definition) is 1. The number of halogens is 2. The number of aromatic nitrogens is 2. The van der Waals surface area contributed by atoms with E-state index < -0.39 is 17.6 Å². The second-order valence-electron chi connectivity index (χ2n) is 3.70. The average molecular weight is 272 g/mol. The van der Waals surface area contributed by atoms with E-state index in [0.717, 1.165) is 12.1 Å². The average Bonchev–Trinajstić information content (AvgIpc) is 2.57. The van der Waals surface area contributed by atoms with Crippen molar-refractivity contribution in [1.82, 2.24) is 9.55 Å². The van der Waals surface area contributed by atoms with Crippen LogP contribution in [-0.4, -0.2) is 26.4 Å². The van der Waals surface area contributed by atoms with Gasteiger partial charge in [0.05, 0.1) is 17.5 Å². The second-order valence-corrected chi connectivity index (χ2v) is 4.76. The monoisotopic (exact) mass is 272 g/mol. The molecule has 7 heteroatoms. The third kappa shape index (κ3) is 2.45. The van der Waals surface area contributed by atoms with Crippen LogP contribution < -0.4 is 0 Å². The molecule has 0 aliphatic rings. The van der Waals surface area contributed by atoms with Crippen molar-refractivity contribution in [3.05, 3.63) is 23.8 Å². The Balaban J connectivity index is 2.29. The van der Waals surface area contributed by atoms with Gasteiger partial charge in [0, 0.05) is 24.9 Å². The van der Waals surface area contributed by atoms with E-state index >= 15 is 0 Å². The Morgan fingerprint density at radius 3 is 2.78 bits per heavy atom. The highest BCUT2D eigenvalue weighted by Crippen LogP contribution is 2.25. The molecule has 18 heavy (non-hydrogen) atoms. The number of aryl methyl sites for hydroxylation is 1. The highest BCUT2D eigenvalue weighted by Gasteiger charge is 2.12. The Bertz CT molecular complexity index is 613. The van der Waals surface area contributed by atoms with Crippen LogP contribution in [0.4, 0.5) is 8.78 Å². The minimum Gasteiger partial charge on any atom is -0.481 e. The second kappa shape index (κ2) is 4.93. The molecule has 1 aromatic heterocycles. The van der Waals surface area contributed by atoms with E-state index in [1.165, 1.54) is 11.8 Å². The van der Waals surface area contributed by atoms with Crippen molar-refractivity contribution in [3.8, 4) is 0 Å². The Morgan fingerprint density at radius 1 is 1.44 bits per heavy atom. The van der Waals surface area contributed by atoms with Gasteiger partial charge in [0.25, 0.3) is 0 Å². The highest BCUT2D eigenvalue weighted by molar-refractivity contribution is 7.99. The molecule has 1 aromatic carbocycles. The molecular weight excluding hydrogens is 262 g/mol. The zero-order valence-corrected chi connectivity index (χ0v) is 10.3. The number of carboxylic acid groups (broad SMARTS) is 1. The maximum absolute atomic E-state index is 13.1. The largest absolute Gasteiger partial charge is 0.481 e. The normalized spacial score (nSPS) is 11.1. The van der Waals surface area contributed by atoms with E-state index in [-0.39, 0.29) is 6.42 Å². The Labute approximate surface area is 106 Å². The maximum Gasteiger partial charge on any atom is 0.304 e. The van der Waals surface area contributed by atoms with Gasteiger partial charge in [-0.15, -0.1) is 0 Å². The summed E-state index contributed by atoms with van der Waals surface area (Å²) in [6.45, 7) is 0. The Hall–Kier alpha value is -1.63. The molecule has 96 valence electrons. The molecule has 1 N–H and O–H groups in total. The van der Waals surface area contributed by atoms with Gasteiger partial charge in [-0.05, 0) is 0 Å². The predicted molar refractivity (Wildman–Crippen MR) is 63.6 cm³/mol. The first kappa shape index (κ1) is 12.8. The minimum absolute atomic E-state index is 0.0105. The van der Waals surface area contributed by atoms with Gasteiger partial charge >= 0.3 is 5.97 Å². The zero-order valence-electron chi connectivity index (χ0n) is 9.48. The topological polar surface area (TPSA) is 55.1 Å². The van der Waals surface area contributed by atoms with Crippen LogP contribution in [0, 0.1) is 11.6 Å². The van der Waals surface area contributed by atoms with Crippen LogP contribution in [0.2, 0.25) is 0 Å². The number of imidazole rings is 1. The first-order valence-corrected chi connectivity index (χ1v) is 6.13. The molecule has 0 saturated heterocycles. The van der Waals surface area contributed by atoms with Crippen molar-refractivity contribution in [2.75, 3.05) is 5.75 Å². The van der Waals surface area contributed by atoms with Crippen LogP contribution in [-0.2, 0) is 11.8 Å². The number of carbonyl (C=O) groups is 1. The molecule has 0 atom stereocenters. The number of fused-ring (bicyclic) bond motifs is 1. The van der Waals surface area contributed by atoms with Crippen LogP contribution in [0.3, 0.4) is 0 Å². The van der Waals surface area contributed by atoms with Gasteiger partial charge in [-0.3, -0.25) is 4.79 Å². The van der Waals surface area contributed by atoms with Gasteiger partial charge in [-0.1, -0.05) is 11.8 Å². The summed E-state index contributed by atoms with van der Waals surface area (Å²) in [5.74, 6) is -2.40. The van der Waals surface area contributed by atoms with Gasteiger partial charge in [-0.2, -0.15) is 0 Å². The van der Waals surface area contributed by atoms with Gasteiger partial charge in [0.15, 0.2) is 16.8 Å². The fourth-order valence-corrected chi connectivity index (χ4v) is 2.44. The molecule has 0 amide bonds. The number of hydrogen-bond acceptors (Lipinski definition) is 3. The third-order valence-corrected chi connectivity index (χ3v) is 3.46. The van der Waals surface area contributed by atoms with Crippen LogP contribution in [0.15, 0.2) is 17.3 Å². The van der Waals surface area contributed by atoms with Crippen LogP contribution in [0.25, 0.3) is 11.0 Å². The fourth-order valence-electron chi connectivity index (χ4n) is 1.52. The fraction of sp³-hybridized carbons (Fsp3) is 0.273. The van der Waals surface area contributed by atoms with Crippen molar-refractivity contribution in [2.24, 2.45) is 7.05 Å². The Kier molecular flexibility index (Phi) is 3.51. The standard InChI is InChI=1S/C11H10F2N2O2S/c1-15-9-5-7(13)6(12)4-8(9)14-11(15)18-3-2-10(16)17/h4-5H,2-3H2,1H3,(H,16,17). The smallest absolute Gasteiger partial charge is 0.304 e. The lowest BCUT2D eigenvalue weighted by Gasteiger charge is -2.00. The molecular formula is C11H10F2N2O2S.